The molecule has 1 aliphatic rings. The van der Waals surface area contributed by atoms with E-state index in [0.717, 1.165) is 49.1 Å². The number of carboxylic acid groups (broad SMARTS) is 1. The molecule has 0 amide bonds. The Hall–Kier alpha value is -4.27. The maximum atomic E-state index is 13.0. The fourth-order valence-corrected chi connectivity index (χ4v) is 3.45. The zero-order chi connectivity index (χ0) is 26.6. The van der Waals surface area contributed by atoms with Gasteiger partial charge in [0.15, 0.2) is 5.82 Å². The van der Waals surface area contributed by atoms with Crippen LogP contribution in [0, 0.1) is 0 Å². The summed E-state index contributed by atoms with van der Waals surface area (Å²) in [5, 5.41) is 15.7. The molecule has 0 aliphatic carbocycles. The highest BCUT2D eigenvalue weighted by molar-refractivity contribution is 5.82. The topological polar surface area (TPSA) is 122 Å². The Bertz CT molecular complexity index is 1390. The maximum Gasteiger partial charge on any atom is 0.490 e. The average molecular weight is 522 g/mol. The highest BCUT2D eigenvalue weighted by Gasteiger charge is 2.38. The van der Waals surface area contributed by atoms with Gasteiger partial charge in [0.05, 0.1) is 29.8 Å². The van der Waals surface area contributed by atoms with Crippen LogP contribution in [0.1, 0.15) is 12.1 Å². The van der Waals surface area contributed by atoms with E-state index in [1.165, 1.54) is 6.20 Å². The van der Waals surface area contributed by atoms with Crippen LogP contribution in [0.15, 0.2) is 49.1 Å². The van der Waals surface area contributed by atoms with Crippen molar-refractivity contribution in [2.24, 2.45) is 0 Å². The van der Waals surface area contributed by atoms with E-state index in [9.17, 15) is 22.0 Å². The number of aliphatic carboxylic acids is 1. The molecule has 5 rings (SSSR count). The number of hydrogen-bond acceptors (Lipinski definition) is 8. The maximum absolute atomic E-state index is 13.0. The SMILES string of the molecule is FC(F)c1cncc(-c2cc3c(cn2)cnn3-c2cccc(N3CCNCC3)n2)n1.O=C(O)C(F)(F)F. The van der Waals surface area contributed by atoms with Gasteiger partial charge in [0.2, 0.25) is 0 Å². The number of carbonyl (C=O) groups is 1. The average Bonchev–Trinajstić information content (AvgIpc) is 3.32. The first-order chi connectivity index (χ1) is 17.6. The fourth-order valence-electron chi connectivity index (χ4n) is 3.45. The number of halogens is 5. The van der Waals surface area contributed by atoms with Gasteiger partial charge in [-0.3, -0.25) is 9.97 Å². The second-order valence-electron chi connectivity index (χ2n) is 7.71. The lowest BCUT2D eigenvalue weighted by Gasteiger charge is -2.28. The predicted octanol–water partition coefficient (Wildman–Crippen LogP) is 3.25. The van der Waals surface area contributed by atoms with Crippen molar-refractivity contribution in [3.63, 3.8) is 0 Å². The van der Waals surface area contributed by atoms with E-state index in [2.05, 4.69) is 30.3 Å². The number of hydrogen-bond donors (Lipinski definition) is 2. The molecule has 0 radical (unpaired) electrons. The fraction of sp³-hybridized carbons (Fsp3) is 0.273. The van der Waals surface area contributed by atoms with Crippen molar-refractivity contribution in [3.05, 3.63) is 54.7 Å². The molecule has 5 heterocycles. The number of piperazine rings is 1. The zero-order valence-corrected chi connectivity index (χ0v) is 18.9. The highest BCUT2D eigenvalue weighted by atomic mass is 19.4. The van der Waals surface area contributed by atoms with Crippen LogP contribution in [0.25, 0.3) is 28.1 Å². The van der Waals surface area contributed by atoms with Crippen molar-refractivity contribution >= 4 is 22.7 Å². The molecule has 0 spiro atoms. The number of fused-ring (bicyclic) bond motifs is 1. The predicted molar refractivity (Wildman–Crippen MR) is 121 cm³/mol. The lowest BCUT2D eigenvalue weighted by Crippen LogP contribution is -2.43. The van der Waals surface area contributed by atoms with Gasteiger partial charge in [0.1, 0.15) is 17.2 Å². The summed E-state index contributed by atoms with van der Waals surface area (Å²) in [4.78, 5) is 28.1. The van der Waals surface area contributed by atoms with Crippen LogP contribution in [-0.4, -0.2) is 73.1 Å². The first-order valence-corrected chi connectivity index (χ1v) is 10.8. The number of nitrogens with one attached hydrogen (secondary N) is 1. The van der Waals surface area contributed by atoms with E-state index < -0.39 is 18.6 Å². The number of nitrogens with zero attached hydrogens (tertiary/aromatic N) is 7. The van der Waals surface area contributed by atoms with Crippen LogP contribution in [0.3, 0.4) is 0 Å². The summed E-state index contributed by atoms with van der Waals surface area (Å²) < 4.78 is 59.4. The Balaban J connectivity index is 0.000000405. The van der Waals surface area contributed by atoms with E-state index in [-0.39, 0.29) is 11.4 Å². The number of alkyl halides is 5. The quantitative estimate of drug-likeness (QED) is 0.389. The molecule has 37 heavy (non-hydrogen) atoms. The van der Waals surface area contributed by atoms with E-state index >= 15 is 0 Å². The van der Waals surface area contributed by atoms with E-state index in [1.807, 2.05) is 18.2 Å². The zero-order valence-electron chi connectivity index (χ0n) is 18.9. The first-order valence-electron chi connectivity index (χ1n) is 10.8. The summed E-state index contributed by atoms with van der Waals surface area (Å²) in [7, 11) is 0. The Morgan fingerprint density at radius 3 is 2.38 bits per heavy atom. The minimum Gasteiger partial charge on any atom is -0.475 e. The van der Waals surface area contributed by atoms with Crippen molar-refractivity contribution < 1.29 is 31.9 Å². The lowest BCUT2D eigenvalue weighted by molar-refractivity contribution is -0.192. The van der Waals surface area contributed by atoms with Gasteiger partial charge in [-0.25, -0.2) is 28.2 Å². The summed E-state index contributed by atoms with van der Waals surface area (Å²) in [6, 6.07) is 7.59. The van der Waals surface area contributed by atoms with Gasteiger partial charge in [-0.15, -0.1) is 0 Å². The van der Waals surface area contributed by atoms with Crippen molar-refractivity contribution in [2.75, 3.05) is 31.1 Å². The van der Waals surface area contributed by atoms with Gasteiger partial charge < -0.3 is 15.3 Å². The molecule has 2 N–H and O–H groups in total. The Kier molecular flexibility index (Phi) is 7.52. The molecule has 10 nitrogen and oxygen atoms in total. The molecule has 0 atom stereocenters. The molecule has 4 aromatic heterocycles. The summed E-state index contributed by atoms with van der Waals surface area (Å²) in [6.45, 7) is 3.63. The van der Waals surface area contributed by atoms with Crippen molar-refractivity contribution in [2.45, 2.75) is 12.6 Å². The summed E-state index contributed by atoms with van der Waals surface area (Å²) in [5.74, 6) is -1.19. The van der Waals surface area contributed by atoms with Gasteiger partial charge in [0, 0.05) is 37.8 Å². The first kappa shape index (κ1) is 25.8. The van der Waals surface area contributed by atoms with Crippen LogP contribution in [0.5, 0.6) is 0 Å². The number of pyridine rings is 2. The molecule has 1 saturated heterocycles. The molecule has 1 fully saturated rings. The summed E-state index contributed by atoms with van der Waals surface area (Å²) in [6.07, 6.45) is -1.95. The highest BCUT2D eigenvalue weighted by Crippen LogP contribution is 2.25. The summed E-state index contributed by atoms with van der Waals surface area (Å²) >= 11 is 0. The Morgan fingerprint density at radius 2 is 1.70 bits per heavy atom. The van der Waals surface area contributed by atoms with Gasteiger partial charge in [-0.05, 0) is 18.2 Å². The Morgan fingerprint density at radius 1 is 1.00 bits per heavy atom. The second-order valence-corrected chi connectivity index (χ2v) is 7.71. The van der Waals surface area contributed by atoms with Crippen LogP contribution >= 0.6 is 0 Å². The second kappa shape index (κ2) is 10.8. The van der Waals surface area contributed by atoms with Crippen LogP contribution in [0.4, 0.5) is 27.8 Å². The van der Waals surface area contributed by atoms with E-state index in [4.69, 9.17) is 14.9 Å². The number of anilines is 1. The van der Waals surface area contributed by atoms with Crippen LogP contribution in [-0.2, 0) is 4.79 Å². The standard InChI is InChI=1S/C20H18F2N8.C2HF3O2/c21-20(22)16-12-24-11-15(27-16)14-8-17-13(9-25-14)10-26-30(17)19-3-1-2-18(28-19)29-6-4-23-5-7-29;3-2(4,5)1(6)7/h1-3,8-12,20,23H,4-7H2;(H,6,7). The van der Waals surface area contributed by atoms with Crippen LogP contribution in [0.2, 0.25) is 0 Å². The molecule has 1 aliphatic heterocycles. The normalized spacial score (nSPS) is 13.9. The number of rotatable bonds is 4. The Labute approximate surface area is 205 Å². The third-order valence-corrected chi connectivity index (χ3v) is 5.21. The number of aromatic nitrogens is 6. The molecule has 15 heteroatoms. The third kappa shape index (κ3) is 6.11. The van der Waals surface area contributed by atoms with Gasteiger partial charge in [0.25, 0.3) is 6.43 Å². The molecular weight excluding hydrogens is 503 g/mol. The molecule has 0 aromatic carbocycles. The lowest BCUT2D eigenvalue weighted by atomic mass is 10.2. The number of carboxylic acids is 1. The molecule has 194 valence electrons. The minimum absolute atomic E-state index is 0.282. The smallest absolute Gasteiger partial charge is 0.475 e. The van der Waals surface area contributed by atoms with E-state index in [0.29, 0.717) is 11.5 Å². The van der Waals surface area contributed by atoms with Gasteiger partial charge in [-0.2, -0.15) is 18.3 Å². The minimum atomic E-state index is -5.08. The monoisotopic (exact) mass is 522 g/mol. The molecule has 0 unspecified atom stereocenters. The third-order valence-electron chi connectivity index (χ3n) is 5.21. The van der Waals surface area contributed by atoms with Crippen molar-refractivity contribution in [3.8, 4) is 17.2 Å². The van der Waals surface area contributed by atoms with Crippen molar-refractivity contribution in [1.29, 1.82) is 0 Å². The molecule has 4 aromatic rings. The van der Waals surface area contributed by atoms with Gasteiger partial charge >= 0.3 is 12.1 Å². The largest absolute Gasteiger partial charge is 0.490 e. The van der Waals surface area contributed by atoms with E-state index in [1.54, 1.807) is 23.1 Å². The van der Waals surface area contributed by atoms with Crippen molar-refractivity contribution in [1.82, 2.24) is 35.0 Å². The van der Waals surface area contributed by atoms with Crippen LogP contribution < -0.4 is 10.2 Å². The summed E-state index contributed by atoms with van der Waals surface area (Å²) in [5.41, 5.74) is 1.10. The molecular formula is C22H19F5N8O2. The molecule has 0 saturated carbocycles. The molecule has 0 bridgehead atoms. The van der Waals surface area contributed by atoms with Gasteiger partial charge in [-0.1, -0.05) is 6.07 Å².